The highest BCUT2D eigenvalue weighted by molar-refractivity contribution is 5.88. The molecule has 1 aromatic carbocycles. The molecule has 4 N–H and O–H groups in total. The van der Waals surface area contributed by atoms with Crippen LogP contribution in [-0.4, -0.2) is 73.7 Å². The van der Waals surface area contributed by atoms with Crippen molar-refractivity contribution in [2.45, 2.75) is 58.2 Å². The number of benzene rings is 1. The van der Waals surface area contributed by atoms with E-state index in [-0.39, 0.29) is 18.6 Å². The molecule has 4 aromatic rings. The number of anilines is 2. The Morgan fingerprint density at radius 3 is 2.72 bits per heavy atom. The minimum absolute atomic E-state index is 0.0874. The summed E-state index contributed by atoms with van der Waals surface area (Å²) in [5, 5.41) is 18.9. The summed E-state index contributed by atoms with van der Waals surface area (Å²) in [4.78, 5) is 16.3. The van der Waals surface area contributed by atoms with Gasteiger partial charge in [-0.15, -0.1) is 0 Å². The molecule has 1 atom stereocenters. The maximum atomic E-state index is 9.55. The van der Waals surface area contributed by atoms with Crippen LogP contribution in [0.4, 0.5) is 11.8 Å². The molecule has 5 heterocycles. The summed E-state index contributed by atoms with van der Waals surface area (Å²) < 4.78 is 7.51. The van der Waals surface area contributed by atoms with Crippen LogP contribution in [0.5, 0.6) is 0 Å². The second-order valence-electron chi connectivity index (χ2n) is 11.1. The van der Waals surface area contributed by atoms with Crippen LogP contribution in [0.2, 0.25) is 0 Å². The number of aliphatic hydroxyl groups excluding tert-OH is 1. The first-order chi connectivity index (χ1) is 19.1. The lowest BCUT2D eigenvalue weighted by molar-refractivity contribution is -0.0837. The molecule has 0 bridgehead atoms. The predicted octanol–water partition coefficient (Wildman–Crippen LogP) is 3.58. The van der Waals surface area contributed by atoms with Crippen LogP contribution >= 0.6 is 0 Å². The number of ether oxygens (including phenoxy) is 1. The third kappa shape index (κ3) is 5.28. The molecule has 0 radical (unpaired) electrons. The van der Waals surface area contributed by atoms with Gasteiger partial charge in [-0.1, -0.05) is 31.5 Å². The molecule has 10 heteroatoms. The second-order valence-corrected chi connectivity index (χ2v) is 11.1. The summed E-state index contributed by atoms with van der Waals surface area (Å²) >= 11 is 0. The molecule has 0 amide bonds. The number of hydrogen-bond acceptors (Lipinski definition) is 9. The molecule has 2 aliphatic rings. The van der Waals surface area contributed by atoms with Crippen LogP contribution in [0.25, 0.3) is 21.9 Å². The van der Waals surface area contributed by atoms with Gasteiger partial charge in [0.15, 0.2) is 5.82 Å². The van der Waals surface area contributed by atoms with E-state index in [0.717, 1.165) is 62.3 Å². The van der Waals surface area contributed by atoms with Crippen LogP contribution in [0.1, 0.15) is 50.2 Å². The quantitative estimate of drug-likeness (QED) is 0.282. The Bertz CT molecular complexity index is 1430. The highest BCUT2D eigenvalue weighted by Gasteiger charge is 2.43. The van der Waals surface area contributed by atoms with Gasteiger partial charge in [-0.2, -0.15) is 10.1 Å². The minimum atomic E-state index is 0.0874. The van der Waals surface area contributed by atoms with Crippen LogP contribution in [0.15, 0.2) is 36.7 Å². The monoisotopic (exact) mass is 530 g/mol. The highest BCUT2D eigenvalue weighted by atomic mass is 16.5. The van der Waals surface area contributed by atoms with Gasteiger partial charge in [-0.05, 0) is 42.9 Å². The van der Waals surface area contributed by atoms with Crippen LogP contribution in [0, 0.1) is 5.41 Å². The van der Waals surface area contributed by atoms with Gasteiger partial charge in [0.2, 0.25) is 5.95 Å². The Kier molecular flexibility index (Phi) is 7.33. The number of nitrogens with one attached hydrogen (secondary N) is 1. The van der Waals surface area contributed by atoms with Crippen LogP contribution in [0.3, 0.4) is 0 Å². The first-order valence-electron chi connectivity index (χ1n) is 14.1. The number of fused-ring (bicyclic) bond motifs is 2. The maximum absolute atomic E-state index is 9.55. The SMILES string of the molecule is CCCC(CCO)Nc1nc(N)nc2cnn(Cc3ccc(CN4CC5(CCOCC5)C4)c4cccnc34)c12. The van der Waals surface area contributed by atoms with Gasteiger partial charge < -0.3 is 20.9 Å². The molecule has 206 valence electrons. The van der Waals surface area contributed by atoms with Crippen molar-refractivity contribution in [1.29, 1.82) is 0 Å². The Morgan fingerprint density at radius 1 is 1.10 bits per heavy atom. The standard InChI is InChI=1S/C29H38N8O2/c1-2-4-22(8-12-38)33-27-26-24(34-28(30)35-27)15-32-37(26)17-21-7-6-20(23-5-3-11-31-25(21)23)16-36-18-29(19-36)9-13-39-14-10-29/h3,5-7,11,15,22,38H,2,4,8-10,12-14,16-19H2,1H3,(H3,30,33,34,35). The second kappa shape index (κ2) is 11.0. The largest absolute Gasteiger partial charge is 0.396 e. The first-order valence-corrected chi connectivity index (χ1v) is 14.1. The Labute approximate surface area is 228 Å². The van der Waals surface area contributed by atoms with Crippen molar-refractivity contribution in [2.24, 2.45) is 5.41 Å². The lowest BCUT2D eigenvalue weighted by Crippen LogP contribution is -2.57. The van der Waals surface area contributed by atoms with Gasteiger partial charge in [-0.25, -0.2) is 4.98 Å². The van der Waals surface area contributed by atoms with Crippen molar-refractivity contribution in [2.75, 3.05) is 44.0 Å². The summed E-state index contributed by atoms with van der Waals surface area (Å²) in [6.45, 7) is 7.79. The summed E-state index contributed by atoms with van der Waals surface area (Å²) in [6.07, 6.45) is 8.49. The fraction of sp³-hybridized carbons (Fsp3) is 0.517. The van der Waals surface area contributed by atoms with Gasteiger partial charge in [0.25, 0.3) is 0 Å². The number of nitrogen functional groups attached to an aromatic ring is 1. The molecule has 10 nitrogen and oxygen atoms in total. The zero-order chi connectivity index (χ0) is 26.8. The van der Waals surface area contributed by atoms with Crippen molar-refractivity contribution in [3.63, 3.8) is 0 Å². The zero-order valence-electron chi connectivity index (χ0n) is 22.6. The van der Waals surface area contributed by atoms with E-state index < -0.39 is 0 Å². The molecule has 3 aromatic heterocycles. The Morgan fingerprint density at radius 2 is 1.92 bits per heavy atom. The van der Waals surface area contributed by atoms with E-state index in [1.807, 2.05) is 16.9 Å². The zero-order valence-corrected chi connectivity index (χ0v) is 22.6. The molecule has 2 aliphatic heterocycles. The normalized spacial score (nSPS) is 18.0. The van der Waals surface area contributed by atoms with E-state index in [1.54, 1.807) is 6.20 Å². The number of rotatable bonds is 10. The molecule has 1 spiro atoms. The van der Waals surface area contributed by atoms with Gasteiger partial charge in [0.1, 0.15) is 11.0 Å². The summed E-state index contributed by atoms with van der Waals surface area (Å²) in [5.41, 5.74) is 11.4. The van der Waals surface area contributed by atoms with Crippen molar-refractivity contribution in [3.05, 3.63) is 47.8 Å². The van der Waals surface area contributed by atoms with E-state index in [1.165, 1.54) is 23.8 Å². The van der Waals surface area contributed by atoms with Gasteiger partial charge in [0, 0.05) is 62.5 Å². The Balaban J connectivity index is 1.27. The van der Waals surface area contributed by atoms with Gasteiger partial charge in [0.05, 0.1) is 18.3 Å². The molecular weight excluding hydrogens is 492 g/mol. The fourth-order valence-electron chi connectivity index (χ4n) is 6.32. The maximum Gasteiger partial charge on any atom is 0.222 e. The molecule has 39 heavy (non-hydrogen) atoms. The number of nitrogens with zero attached hydrogens (tertiary/aromatic N) is 6. The molecule has 0 saturated carbocycles. The van der Waals surface area contributed by atoms with E-state index in [9.17, 15) is 5.11 Å². The van der Waals surface area contributed by atoms with E-state index in [2.05, 4.69) is 50.4 Å². The Hall–Kier alpha value is -3.34. The fourth-order valence-corrected chi connectivity index (χ4v) is 6.32. The number of pyridine rings is 1. The van der Waals surface area contributed by atoms with E-state index in [4.69, 9.17) is 15.5 Å². The topological polar surface area (TPSA) is 127 Å². The van der Waals surface area contributed by atoms with Crippen LogP contribution < -0.4 is 11.1 Å². The molecule has 1 unspecified atom stereocenters. The van der Waals surface area contributed by atoms with Crippen molar-refractivity contribution < 1.29 is 9.84 Å². The van der Waals surface area contributed by atoms with Crippen molar-refractivity contribution in [3.8, 4) is 0 Å². The van der Waals surface area contributed by atoms with E-state index in [0.29, 0.717) is 29.7 Å². The van der Waals surface area contributed by atoms with Gasteiger partial charge >= 0.3 is 0 Å². The number of aromatic nitrogens is 5. The molecule has 0 aliphatic carbocycles. The van der Waals surface area contributed by atoms with Crippen molar-refractivity contribution >= 4 is 33.7 Å². The predicted molar refractivity (Wildman–Crippen MR) is 152 cm³/mol. The molecule has 2 saturated heterocycles. The first kappa shape index (κ1) is 25.9. The number of aliphatic hydroxyl groups is 1. The smallest absolute Gasteiger partial charge is 0.222 e. The van der Waals surface area contributed by atoms with Crippen LogP contribution in [-0.2, 0) is 17.8 Å². The number of hydrogen-bond donors (Lipinski definition) is 3. The van der Waals surface area contributed by atoms with Crippen molar-refractivity contribution in [1.82, 2.24) is 29.6 Å². The highest BCUT2D eigenvalue weighted by Crippen LogP contribution is 2.41. The average Bonchev–Trinajstić information content (AvgIpc) is 3.32. The lowest BCUT2D eigenvalue weighted by atomic mass is 9.73. The summed E-state index contributed by atoms with van der Waals surface area (Å²) in [6, 6.07) is 8.70. The molecule has 6 rings (SSSR count). The minimum Gasteiger partial charge on any atom is -0.396 e. The van der Waals surface area contributed by atoms with Gasteiger partial charge in [-0.3, -0.25) is 14.6 Å². The third-order valence-corrected chi connectivity index (χ3v) is 8.29. The third-order valence-electron chi connectivity index (χ3n) is 8.29. The molecule has 2 fully saturated rings. The van der Waals surface area contributed by atoms with E-state index >= 15 is 0 Å². The average molecular weight is 531 g/mol. The number of likely N-dealkylation sites (tertiary alicyclic amines) is 1. The lowest BCUT2D eigenvalue weighted by Gasteiger charge is -2.52. The summed E-state index contributed by atoms with van der Waals surface area (Å²) in [5.74, 6) is 0.851. The molecular formula is C29H38N8O2. The summed E-state index contributed by atoms with van der Waals surface area (Å²) in [7, 11) is 0. The number of nitrogens with two attached hydrogens (primary N) is 1.